The summed E-state index contributed by atoms with van der Waals surface area (Å²) < 4.78 is 13.8. The molecule has 1 aliphatic heterocycles. The Morgan fingerprint density at radius 2 is 2.17 bits per heavy atom. The van der Waals surface area contributed by atoms with Crippen LogP contribution in [0.15, 0.2) is 22.7 Å². The van der Waals surface area contributed by atoms with E-state index < -0.39 is 0 Å². The first-order chi connectivity index (χ1) is 8.49. The highest BCUT2D eigenvalue weighted by Crippen LogP contribution is 2.27. The number of nitrogens with zero attached hydrogens (tertiary/aromatic N) is 1. The summed E-state index contributed by atoms with van der Waals surface area (Å²) in [5, 5.41) is 3.48. The van der Waals surface area contributed by atoms with Gasteiger partial charge in [0, 0.05) is 31.2 Å². The third-order valence-corrected chi connectivity index (χ3v) is 4.34. The van der Waals surface area contributed by atoms with Crippen molar-refractivity contribution in [2.75, 3.05) is 13.1 Å². The molecular weight excluding hydrogens is 295 g/mol. The van der Waals surface area contributed by atoms with Crippen LogP contribution >= 0.6 is 15.9 Å². The van der Waals surface area contributed by atoms with E-state index in [-0.39, 0.29) is 5.82 Å². The predicted octanol–water partition coefficient (Wildman–Crippen LogP) is 3.33. The summed E-state index contributed by atoms with van der Waals surface area (Å²) >= 11 is 3.26. The van der Waals surface area contributed by atoms with Crippen LogP contribution < -0.4 is 5.32 Å². The molecule has 1 aliphatic rings. The molecular formula is C14H20BrFN2. The van der Waals surface area contributed by atoms with Gasteiger partial charge in [0.15, 0.2) is 0 Å². The summed E-state index contributed by atoms with van der Waals surface area (Å²) in [5.41, 5.74) is 1.16. The Kier molecular flexibility index (Phi) is 4.41. The summed E-state index contributed by atoms with van der Waals surface area (Å²) in [5.74, 6) is -0.201. The highest BCUT2D eigenvalue weighted by atomic mass is 79.9. The van der Waals surface area contributed by atoms with E-state index in [0.29, 0.717) is 22.6 Å². The van der Waals surface area contributed by atoms with Crippen LogP contribution in [0, 0.1) is 5.82 Å². The van der Waals surface area contributed by atoms with Gasteiger partial charge in [0.05, 0.1) is 4.47 Å². The van der Waals surface area contributed by atoms with Crippen LogP contribution in [0.5, 0.6) is 0 Å². The highest BCUT2D eigenvalue weighted by Gasteiger charge is 2.27. The molecule has 0 bridgehead atoms. The molecule has 2 rings (SSSR count). The molecule has 0 amide bonds. The van der Waals surface area contributed by atoms with Gasteiger partial charge in [-0.3, -0.25) is 4.90 Å². The fourth-order valence-electron chi connectivity index (χ4n) is 2.55. The average molecular weight is 315 g/mol. The van der Waals surface area contributed by atoms with Crippen molar-refractivity contribution in [2.24, 2.45) is 0 Å². The summed E-state index contributed by atoms with van der Waals surface area (Å²) in [4.78, 5) is 2.47. The van der Waals surface area contributed by atoms with Gasteiger partial charge in [0.1, 0.15) is 5.82 Å². The molecule has 100 valence electrons. The first-order valence-electron chi connectivity index (χ1n) is 6.43. The topological polar surface area (TPSA) is 15.3 Å². The largest absolute Gasteiger partial charge is 0.311 e. The number of nitrogens with one attached hydrogen (secondary N) is 1. The van der Waals surface area contributed by atoms with E-state index in [1.807, 2.05) is 12.1 Å². The number of hydrogen-bond acceptors (Lipinski definition) is 2. The monoisotopic (exact) mass is 314 g/mol. The van der Waals surface area contributed by atoms with Gasteiger partial charge >= 0.3 is 0 Å². The van der Waals surface area contributed by atoms with Gasteiger partial charge in [-0.2, -0.15) is 0 Å². The SMILES string of the molecule is CC1CN(C(C)c2ccc(F)c(Br)c2)C(C)CN1. The second-order valence-corrected chi connectivity index (χ2v) is 6.06. The Bertz CT molecular complexity index is 424. The first-order valence-corrected chi connectivity index (χ1v) is 7.22. The standard InChI is InChI=1S/C14H20BrFN2/c1-9-8-18(10(2)7-17-9)11(3)12-4-5-14(16)13(15)6-12/h4-6,9-11,17H,7-8H2,1-3H3. The molecule has 3 unspecified atom stereocenters. The van der Waals surface area contributed by atoms with Crippen molar-refractivity contribution >= 4 is 15.9 Å². The highest BCUT2D eigenvalue weighted by molar-refractivity contribution is 9.10. The molecule has 0 spiro atoms. The van der Waals surface area contributed by atoms with Gasteiger partial charge < -0.3 is 5.32 Å². The number of halogens is 2. The van der Waals surface area contributed by atoms with Crippen molar-refractivity contribution < 1.29 is 4.39 Å². The normalized spacial score (nSPS) is 27.2. The lowest BCUT2D eigenvalue weighted by Crippen LogP contribution is -2.54. The lowest BCUT2D eigenvalue weighted by atomic mass is 10.0. The zero-order chi connectivity index (χ0) is 13.3. The third-order valence-electron chi connectivity index (χ3n) is 3.74. The van der Waals surface area contributed by atoms with Crippen LogP contribution in [-0.4, -0.2) is 30.1 Å². The summed E-state index contributed by atoms with van der Waals surface area (Å²) in [6, 6.07) is 6.62. The van der Waals surface area contributed by atoms with Gasteiger partial charge in [0.2, 0.25) is 0 Å². The van der Waals surface area contributed by atoms with Crippen LogP contribution in [-0.2, 0) is 0 Å². The Balaban J connectivity index is 2.18. The van der Waals surface area contributed by atoms with Crippen LogP contribution in [0.2, 0.25) is 0 Å². The van der Waals surface area contributed by atoms with Crippen molar-refractivity contribution in [2.45, 2.75) is 38.9 Å². The van der Waals surface area contributed by atoms with E-state index >= 15 is 0 Å². The molecule has 0 aromatic heterocycles. The Morgan fingerprint density at radius 1 is 1.44 bits per heavy atom. The molecule has 0 aliphatic carbocycles. The number of piperazine rings is 1. The molecule has 18 heavy (non-hydrogen) atoms. The van der Waals surface area contributed by atoms with E-state index in [0.717, 1.165) is 18.7 Å². The van der Waals surface area contributed by atoms with Crippen molar-refractivity contribution in [3.8, 4) is 0 Å². The van der Waals surface area contributed by atoms with Crippen LogP contribution in [0.4, 0.5) is 4.39 Å². The van der Waals surface area contributed by atoms with E-state index in [4.69, 9.17) is 0 Å². The molecule has 3 atom stereocenters. The molecule has 2 nitrogen and oxygen atoms in total. The smallest absolute Gasteiger partial charge is 0.137 e. The maximum Gasteiger partial charge on any atom is 0.137 e. The molecule has 1 heterocycles. The van der Waals surface area contributed by atoms with Gasteiger partial charge in [-0.1, -0.05) is 6.07 Å². The zero-order valence-electron chi connectivity index (χ0n) is 11.1. The van der Waals surface area contributed by atoms with Gasteiger partial charge in [-0.15, -0.1) is 0 Å². The lowest BCUT2D eigenvalue weighted by Gasteiger charge is -2.41. The second kappa shape index (κ2) is 5.68. The number of benzene rings is 1. The van der Waals surface area contributed by atoms with Crippen LogP contribution in [0.1, 0.15) is 32.4 Å². The quantitative estimate of drug-likeness (QED) is 0.900. The number of hydrogen-bond donors (Lipinski definition) is 1. The summed E-state index contributed by atoms with van der Waals surface area (Å²) in [6.45, 7) is 8.65. The molecule has 4 heteroatoms. The Labute approximate surface area is 117 Å². The third kappa shape index (κ3) is 2.92. The van der Waals surface area contributed by atoms with E-state index in [1.54, 1.807) is 0 Å². The first kappa shape index (κ1) is 14.0. The van der Waals surface area contributed by atoms with Crippen LogP contribution in [0.25, 0.3) is 0 Å². The minimum Gasteiger partial charge on any atom is -0.311 e. The van der Waals surface area contributed by atoms with E-state index in [1.165, 1.54) is 6.07 Å². The fourth-order valence-corrected chi connectivity index (χ4v) is 2.95. The van der Waals surface area contributed by atoms with Gasteiger partial charge in [-0.25, -0.2) is 4.39 Å². The average Bonchev–Trinajstić information content (AvgIpc) is 2.35. The van der Waals surface area contributed by atoms with Gasteiger partial charge in [0.25, 0.3) is 0 Å². The van der Waals surface area contributed by atoms with Crippen molar-refractivity contribution in [3.05, 3.63) is 34.1 Å². The van der Waals surface area contributed by atoms with Gasteiger partial charge in [-0.05, 0) is 54.4 Å². The lowest BCUT2D eigenvalue weighted by molar-refractivity contribution is 0.103. The Hall–Kier alpha value is -0.450. The van der Waals surface area contributed by atoms with E-state index in [2.05, 4.69) is 46.9 Å². The summed E-state index contributed by atoms with van der Waals surface area (Å²) in [6.07, 6.45) is 0. The predicted molar refractivity (Wildman–Crippen MR) is 76.1 cm³/mol. The molecule has 0 radical (unpaired) electrons. The Morgan fingerprint density at radius 3 is 2.83 bits per heavy atom. The summed E-state index contributed by atoms with van der Waals surface area (Å²) in [7, 11) is 0. The van der Waals surface area contributed by atoms with Crippen LogP contribution in [0.3, 0.4) is 0 Å². The fraction of sp³-hybridized carbons (Fsp3) is 0.571. The van der Waals surface area contributed by atoms with Crippen molar-refractivity contribution in [1.82, 2.24) is 10.2 Å². The molecule has 1 aromatic carbocycles. The molecule has 1 fully saturated rings. The maximum atomic E-state index is 13.3. The van der Waals surface area contributed by atoms with E-state index in [9.17, 15) is 4.39 Å². The van der Waals surface area contributed by atoms with Crippen molar-refractivity contribution in [3.63, 3.8) is 0 Å². The zero-order valence-corrected chi connectivity index (χ0v) is 12.7. The minimum absolute atomic E-state index is 0.201. The molecule has 1 saturated heterocycles. The minimum atomic E-state index is -0.201. The number of rotatable bonds is 2. The second-order valence-electron chi connectivity index (χ2n) is 5.20. The molecule has 1 N–H and O–H groups in total. The molecule has 1 aromatic rings. The maximum absolute atomic E-state index is 13.3. The molecule has 0 saturated carbocycles. The van der Waals surface area contributed by atoms with Crippen molar-refractivity contribution in [1.29, 1.82) is 0 Å².